The highest BCUT2D eigenvalue weighted by Gasteiger charge is 2.49. The quantitative estimate of drug-likeness (QED) is 0.451. The van der Waals surface area contributed by atoms with E-state index in [1.165, 1.54) is 0 Å². The van der Waals surface area contributed by atoms with E-state index in [2.05, 4.69) is 6.07 Å². The van der Waals surface area contributed by atoms with E-state index < -0.39 is 10.2 Å². The van der Waals surface area contributed by atoms with Gasteiger partial charge in [0, 0.05) is 6.92 Å². The average Bonchev–Trinajstić information content (AvgIpc) is 2.14. The van der Waals surface area contributed by atoms with Crippen molar-refractivity contribution in [3.8, 4) is 6.07 Å². The third-order valence-electron chi connectivity index (χ3n) is 3.20. The first-order valence-corrected chi connectivity index (χ1v) is 4.61. The largest absolute Gasteiger partial charge is 0.632 e. The van der Waals surface area contributed by atoms with E-state index in [9.17, 15) is 5.21 Å². The molecule has 0 bridgehead atoms. The molecule has 0 aliphatic carbocycles. The third kappa shape index (κ3) is 1.33. The van der Waals surface area contributed by atoms with Crippen LogP contribution < -0.4 is 0 Å². The molecule has 0 aromatic rings. The second kappa shape index (κ2) is 3.26. The van der Waals surface area contributed by atoms with Crippen LogP contribution in [0.2, 0.25) is 0 Å². The molecule has 1 heterocycles. The normalized spacial score (nSPS) is 45.6. The summed E-state index contributed by atoms with van der Waals surface area (Å²) >= 11 is 0. The van der Waals surface area contributed by atoms with Crippen LogP contribution in [0.15, 0.2) is 0 Å². The minimum Gasteiger partial charge on any atom is -0.632 e. The van der Waals surface area contributed by atoms with Crippen LogP contribution in [-0.4, -0.2) is 36.0 Å². The molecular weight excluding hydrogens is 168 g/mol. The van der Waals surface area contributed by atoms with Gasteiger partial charge >= 0.3 is 0 Å². The SMILES string of the molecule is CC[N+]1([O-])CCOC(C)C1(C)C#N. The molecule has 1 aliphatic heterocycles. The lowest BCUT2D eigenvalue weighted by Crippen LogP contribution is -2.68. The summed E-state index contributed by atoms with van der Waals surface area (Å²) in [6.45, 7) is 6.56. The first-order chi connectivity index (χ1) is 6.00. The smallest absolute Gasteiger partial charge is 0.209 e. The van der Waals surface area contributed by atoms with Crippen LogP contribution in [-0.2, 0) is 4.74 Å². The molecule has 0 amide bonds. The monoisotopic (exact) mass is 184 g/mol. The van der Waals surface area contributed by atoms with Crippen molar-refractivity contribution >= 4 is 0 Å². The number of ether oxygens (including phenoxy) is 1. The third-order valence-corrected chi connectivity index (χ3v) is 3.20. The molecule has 0 saturated carbocycles. The zero-order valence-corrected chi connectivity index (χ0v) is 8.41. The fourth-order valence-electron chi connectivity index (χ4n) is 1.77. The summed E-state index contributed by atoms with van der Waals surface area (Å²) in [5.41, 5.74) is -0.951. The number of nitriles is 1. The van der Waals surface area contributed by atoms with Crippen LogP contribution in [0.1, 0.15) is 20.8 Å². The van der Waals surface area contributed by atoms with E-state index in [-0.39, 0.29) is 6.10 Å². The van der Waals surface area contributed by atoms with E-state index in [0.717, 1.165) is 0 Å². The standard InChI is InChI=1S/C9H16N2O2/c1-4-11(12)5-6-13-8(2)9(11,3)7-10/h8H,4-6H2,1-3H3. The van der Waals surface area contributed by atoms with E-state index in [1.54, 1.807) is 13.8 Å². The predicted molar refractivity (Wildman–Crippen MR) is 48.5 cm³/mol. The Bertz CT molecular complexity index is 238. The molecule has 1 saturated heterocycles. The van der Waals surface area contributed by atoms with Gasteiger partial charge in [-0.15, -0.1) is 0 Å². The maximum atomic E-state index is 12.2. The molecule has 0 N–H and O–H groups in total. The molecule has 3 atom stereocenters. The maximum absolute atomic E-state index is 12.2. The van der Waals surface area contributed by atoms with Gasteiger partial charge in [-0.05, 0) is 13.8 Å². The van der Waals surface area contributed by atoms with Gasteiger partial charge in [-0.25, -0.2) is 0 Å². The molecule has 1 fully saturated rings. The highest BCUT2D eigenvalue weighted by Crippen LogP contribution is 2.31. The van der Waals surface area contributed by atoms with Gasteiger partial charge in [-0.2, -0.15) is 5.26 Å². The highest BCUT2D eigenvalue weighted by molar-refractivity contribution is 5.05. The topological polar surface area (TPSA) is 56.1 Å². The molecule has 1 rings (SSSR count). The van der Waals surface area contributed by atoms with Crippen LogP contribution in [0.3, 0.4) is 0 Å². The molecule has 0 radical (unpaired) electrons. The Hall–Kier alpha value is -0.630. The second-order valence-electron chi connectivity index (χ2n) is 3.70. The Kier molecular flexibility index (Phi) is 2.62. The van der Waals surface area contributed by atoms with Crippen molar-refractivity contribution in [2.45, 2.75) is 32.4 Å². The Morgan fingerprint density at radius 1 is 1.77 bits per heavy atom. The number of hydrogen-bond donors (Lipinski definition) is 0. The highest BCUT2D eigenvalue weighted by atomic mass is 16.6. The van der Waals surface area contributed by atoms with Gasteiger partial charge in [-0.3, -0.25) is 0 Å². The number of rotatable bonds is 1. The number of quaternary nitrogens is 1. The van der Waals surface area contributed by atoms with Crippen molar-refractivity contribution < 1.29 is 9.38 Å². The summed E-state index contributed by atoms with van der Waals surface area (Å²) in [4.78, 5) is 0. The first-order valence-electron chi connectivity index (χ1n) is 4.61. The lowest BCUT2D eigenvalue weighted by molar-refractivity contribution is -0.932. The number of nitrogens with zero attached hydrogens (tertiary/aromatic N) is 2. The summed E-state index contributed by atoms with van der Waals surface area (Å²) in [7, 11) is 0. The van der Waals surface area contributed by atoms with Crippen LogP contribution in [0.25, 0.3) is 0 Å². The van der Waals surface area contributed by atoms with Gasteiger partial charge in [0.05, 0.1) is 13.2 Å². The first kappa shape index (κ1) is 10.5. The zero-order valence-electron chi connectivity index (χ0n) is 8.41. The molecule has 3 unspecified atom stereocenters. The molecule has 1 aliphatic rings. The summed E-state index contributed by atoms with van der Waals surface area (Å²) in [6.07, 6.45) is -0.288. The lowest BCUT2D eigenvalue weighted by atomic mass is 9.93. The van der Waals surface area contributed by atoms with Gasteiger partial charge in [0.1, 0.15) is 18.7 Å². The summed E-state index contributed by atoms with van der Waals surface area (Å²) in [5.74, 6) is 0. The van der Waals surface area contributed by atoms with Crippen molar-refractivity contribution in [1.82, 2.24) is 0 Å². The number of hydrogen-bond acceptors (Lipinski definition) is 3. The van der Waals surface area contributed by atoms with E-state index >= 15 is 0 Å². The maximum Gasteiger partial charge on any atom is 0.209 e. The molecule has 74 valence electrons. The van der Waals surface area contributed by atoms with E-state index in [0.29, 0.717) is 19.7 Å². The van der Waals surface area contributed by atoms with Gasteiger partial charge in [0.15, 0.2) is 0 Å². The van der Waals surface area contributed by atoms with Crippen molar-refractivity contribution in [3.05, 3.63) is 5.21 Å². The summed E-state index contributed by atoms with van der Waals surface area (Å²) in [6, 6.07) is 2.11. The Labute approximate surface area is 78.9 Å². The van der Waals surface area contributed by atoms with Crippen molar-refractivity contribution in [1.29, 1.82) is 5.26 Å². The Morgan fingerprint density at radius 3 is 2.77 bits per heavy atom. The zero-order chi connectivity index (χ0) is 10.1. The van der Waals surface area contributed by atoms with Gasteiger partial charge < -0.3 is 14.6 Å². The number of morpholine rings is 1. The molecule has 13 heavy (non-hydrogen) atoms. The summed E-state index contributed by atoms with van der Waals surface area (Å²) in [5, 5.41) is 21.3. The fraction of sp³-hybridized carbons (Fsp3) is 0.889. The molecule has 0 aromatic carbocycles. The van der Waals surface area contributed by atoms with Crippen LogP contribution in [0, 0.1) is 16.5 Å². The molecule has 4 heteroatoms. The molecule has 4 nitrogen and oxygen atoms in total. The second-order valence-corrected chi connectivity index (χ2v) is 3.70. The molecule has 0 spiro atoms. The fourth-order valence-corrected chi connectivity index (χ4v) is 1.77. The summed E-state index contributed by atoms with van der Waals surface area (Å²) < 4.78 is 4.89. The Morgan fingerprint density at radius 2 is 2.38 bits per heavy atom. The lowest BCUT2D eigenvalue weighted by Gasteiger charge is -2.56. The van der Waals surface area contributed by atoms with Crippen molar-refractivity contribution in [2.75, 3.05) is 19.7 Å². The van der Waals surface area contributed by atoms with Crippen molar-refractivity contribution in [3.63, 3.8) is 0 Å². The average molecular weight is 184 g/mol. The number of hydroxylamine groups is 3. The van der Waals surface area contributed by atoms with Crippen molar-refractivity contribution in [2.24, 2.45) is 0 Å². The Balaban J connectivity index is 3.02. The minimum absolute atomic E-state index is 0.288. The van der Waals surface area contributed by atoms with Gasteiger partial charge in [0.25, 0.3) is 0 Å². The molecular formula is C9H16N2O2. The van der Waals surface area contributed by atoms with Gasteiger partial charge in [0.2, 0.25) is 5.54 Å². The van der Waals surface area contributed by atoms with Gasteiger partial charge in [-0.1, -0.05) is 0 Å². The van der Waals surface area contributed by atoms with Crippen LogP contribution in [0.5, 0.6) is 0 Å². The van der Waals surface area contributed by atoms with E-state index in [1.807, 2.05) is 6.92 Å². The van der Waals surface area contributed by atoms with Crippen LogP contribution >= 0.6 is 0 Å². The minimum atomic E-state index is -0.951. The van der Waals surface area contributed by atoms with E-state index in [4.69, 9.17) is 10.00 Å². The molecule has 0 aromatic heterocycles. The van der Waals surface area contributed by atoms with Crippen LogP contribution in [0.4, 0.5) is 0 Å². The number of likely N-dealkylation sites (N-methyl/N-ethyl adjacent to an activating group) is 1. The predicted octanol–water partition coefficient (Wildman–Crippen LogP) is 1.02.